The molecule has 0 bridgehead atoms. The molecule has 1 aromatic carbocycles. The van der Waals surface area contributed by atoms with Gasteiger partial charge in [-0.15, -0.1) is 0 Å². The number of aromatic nitrogens is 2. The SMILES string of the molecule is Cc1ccc(Cn2nc(C)c(CCC(=O)NCCO)c2C)cc1. The van der Waals surface area contributed by atoms with Crippen molar-refractivity contribution in [1.29, 1.82) is 0 Å². The number of carbonyl (C=O) groups excluding carboxylic acids is 1. The van der Waals surface area contributed by atoms with Crippen molar-refractivity contribution in [2.75, 3.05) is 13.2 Å². The number of hydrogen-bond acceptors (Lipinski definition) is 3. The summed E-state index contributed by atoms with van der Waals surface area (Å²) >= 11 is 0. The number of aliphatic hydroxyl groups excluding tert-OH is 1. The average molecular weight is 315 g/mol. The Morgan fingerprint density at radius 2 is 1.91 bits per heavy atom. The minimum Gasteiger partial charge on any atom is -0.395 e. The van der Waals surface area contributed by atoms with Crippen molar-refractivity contribution < 1.29 is 9.90 Å². The molecule has 2 aromatic rings. The van der Waals surface area contributed by atoms with Gasteiger partial charge in [-0.25, -0.2) is 0 Å². The van der Waals surface area contributed by atoms with Crippen molar-refractivity contribution in [2.24, 2.45) is 0 Å². The van der Waals surface area contributed by atoms with Crippen LogP contribution in [0, 0.1) is 20.8 Å². The van der Waals surface area contributed by atoms with E-state index in [4.69, 9.17) is 5.11 Å². The largest absolute Gasteiger partial charge is 0.395 e. The average Bonchev–Trinajstić information content (AvgIpc) is 2.79. The fourth-order valence-electron chi connectivity index (χ4n) is 2.64. The maximum Gasteiger partial charge on any atom is 0.220 e. The van der Waals surface area contributed by atoms with Crippen LogP contribution < -0.4 is 5.32 Å². The van der Waals surface area contributed by atoms with Crippen LogP contribution in [-0.2, 0) is 17.8 Å². The molecule has 0 radical (unpaired) electrons. The second kappa shape index (κ2) is 7.92. The lowest BCUT2D eigenvalue weighted by atomic mass is 10.1. The first-order valence-electron chi connectivity index (χ1n) is 7.97. The van der Waals surface area contributed by atoms with Crippen molar-refractivity contribution in [1.82, 2.24) is 15.1 Å². The van der Waals surface area contributed by atoms with Crippen LogP contribution in [0.2, 0.25) is 0 Å². The minimum atomic E-state index is -0.0378. The summed E-state index contributed by atoms with van der Waals surface area (Å²) in [5.41, 5.74) is 5.68. The van der Waals surface area contributed by atoms with E-state index in [-0.39, 0.29) is 12.5 Å². The highest BCUT2D eigenvalue weighted by atomic mass is 16.3. The Morgan fingerprint density at radius 3 is 2.57 bits per heavy atom. The van der Waals surface area contributed by atoms with Crippen LogP contribution in [0.15, 0.2) is 24.3 Å². The summed E-state index contributed by atoms with van der Waals surface area (Å²) < 4.78 is 2.00. The first kappa shape index (κ1) is 17.2. The third kappa shape index (κ3) is 4.66. The maximum atomic E-state index is 11.7. The molecule has 0 saturated carbocycles. The maximum absolute atomic E-state index is 11.7. The molecule has 1 heterocycles. The Balaban J connectivity index is 2.03. The summed E-state index contributed by atoms with van der Waals surface area (Å²) in [4.78, 5) is 11.7. The molecule has 2 N–H and O–H groups in total. The summed E-state index contributed by atoms with van der Waals surface area (Å²) in [6, 6.07) is 8.45. The van der Waals surface area contributed by atoms with E-state index in [0.717, 1.165) is 23.5 Å². The third-order valence-corrected chi connectivity index (χ3v) is 4.02. The van der Waals surface area contributed by atoms with E-state index >= 15 is 0 Å². The molecule has 5 nitrogen and oxygen atoms in total. The minimum absolute atomic E-state index is 0.0295. The van der Waals surface area contributed by atoms with Gasteiger partial charge in [0.2, 0.25) is 5.91 Å². The number of amides is 1. The van der Waals surface area contributed by atoms with Crippen LogP contribution in [-0.4, -0.2) is 33.9 Å². The quantitative estimate of drug-likeness (QED) is 0.820. The lowest BCUT2D eigenvalue weighted by molar-refractivity contribution is -0.121. The number of hydrogen-bond donors (Lipinski definition) is 2. The molecule has 2 rings (SSSR count). The molecule has 5 heteroatoms. The van der Waals surface area contributed by atoms with Gasteiger partial charge in [-0.2, -0.15) is 5.10 Å². The lowest BCUT2D eigenvalue weighted by Crippen LogP contribution is -2.26. The summed E-state index contributed by atoms with van der Waals surface area (Å²) in [6.07, 6.45) is 1.08. The van der Waals surface area contributed by atoms with E-state index in [0.29, 0.717) is 19.4 Å². The molecule has 0 aliphatic heterocycles. The van der Waals surface area contributed by atoms with Crippen molar-refractivity contribution in [3.8, 4) is 0 Å². The number of rotatable bonds is 7. The molecular formula is C18H25N3O2. The van der Waals surface area contributed by atoms with Crippen LogP contribution in [0.4, 0.5) is 0 Å². The molecule has 0 aliphatic carbocycles. The molecule has 0 spiro atoms. The molecule has 23 heavy (non-hydrogen) atoms. The van der Waals surface area contributed by atoms with E-state index in [9.17, 15) is 4.79 Å². The van der Waals surface area contributed by atoms with Crippen LogP contribution >= 0.6 is 0 Å². The molecule has 0 fully saturated rings. The summed E-state index contributed by atoms with van der Waals surface area (Å²) in [6.45, 7) is 7.13. The molecular weight excluding hydrogens is 290 g/mol. The fourth-order valence-corrected chi connectivity index (χ4v) is 2.64. The molecule has 0 aliphatic rings. The monoisotopic (exact) mass is 315 g/mol. The standard InChI is InChI=1S/C18H25N3O2/c1-13-4-6-16(7-5-13)12-21-15(3)17(14(2)20-21)8-9-18(23)19-10-11-22/h4-7,22H,8-12H2,1-3H3,(H,19,23). The highest BCUT2D eigenvalue weighted by molar-refractivity contribution is 5.76. The van der Waals surface area contributed by atoms with Gasteiger partial charge in [-0.1, -0.05) is 29.8 Å². The predicted molar refractivity (Wildman–Crippen MR) is 90.4 cm³/mol. The number of nitrogens with one attached hydrogen (secondary N) is 1. The van der Waals surface area contributed by atoms with Crippen molar-refractivity contribution in [3.63, 3.8) is 0 Å². The number of aryl methyl sites for hydroxylation is 2. The van der Waals surface area contributed by atoms with Gasteiger partial charge in [0, 0.05) is 18.7 Å². The zero-order valence-electron chi connectivity index (χ0n) is 14.1. The van der Waals surface area contributed by atoms with Gasteiger partial charge in [-0.05, 0) is 38.3 Å². The van der Waals surface area contributed by atoms with Crippen LogP contribution in [0.1, 0.15) is 34.5 Å². The number of carbonyl (C=O) groups is 1. The third-order valence-electron chi connectivity index (χ3n) is 4.02. The number of benzene rings is 1. The molecule has 0 atom stereocenters. The van der Waals surface area contributed by atoms with Gasteiger partial charge in [0.1, 0.15) is 0 Å². The van der Waals surface area contributed by atoms with Crippen molar-refractivity contribution in [3.05, 3.63) is 52.3 Å². The van der Waals surface area contributed by atoms with E-state index in [1.807, 2.05) is 11.6 Å². The first-order valence-corrected chi connectivity index (χ1v) is 7.97. The van der Waals surface area contributed by atoms with E-state index in [1.165, 1.54) is 11.1 Å². The Bertz CT molecular complexity index is 660. The Morgan fingerprint density at radius 1 is 1.22 bits per heavy atom. The molecule has 1 amide bonds. The Kier molecular flexibility index (Phi) is 5.93. The Labute approximate surface area is 137 Å². The van der Waals surface area contributed by atoms with Gasteiger partial charge in [0.15, 0.2) is 0 Å². The van der Waals surface area contributed by atoms with Gasteiger partial charge in [-0.3, -0.25) is 9.48 Å². The van der Waals surface area contributed by atoms with Gasteiger partial charge < -0.3 is 10.4 Å². The first-order chi connectivity index (χ1) is 11.0. The van der Waals surface area contributed by atoms with Gasteiger partial charge in [0.05, 0.1) is 18.8 Å². The molecule has 1 aromatic heterocycles. The van der Waals surface area contributed by atoms with Gasteiger partial charge >= 0.3 is 0 Å². The van der Waals surface area contributed by atoms with E-state index < -0.39 is 0 Å². The summed E-state index contributed by atoms with van der Waals surface area (Å²) in [5, 5.41) is 16.0. The van der Waals surface area contributed by atoms with Crippen LogP contribution in [0.25, 0.3) is 0 Å². The number of aliphatic hydroxyl groups is 1. The van der Waals surface area contributed by atoms with Crippen molar-refractivity contribution >= 4 is 5.91 Å². The predicted octanol–water partition coefficient (Wildman–Crippen LogP) is 1.90. The van der Waals surface area contributed by atoms with Crippen molar-refractivity contribution in [2.45, 2.75) is 40.2 Å². The van der Waals surface area contributed by atoms with Crippen LogP contribution in [0.3, 0.4) is 0 Å². The van der Waals surface area contributed by atoms with E-state index in [2.05, 4.69) is 48.5 Å². The summed E-state index contributed by atoms with van der Waals surface area (Å²) in [7, 11) is 0. The molecule has 0 saturated heterocycles. The van der Waals surface area contributed by atoms with E-state index in [1.54, 1.807) is 0 Å². The second-order valence-electron chi connectivity index (χ2n) is 5.87. The molecule has 124 valence electrons. The van der Waals surface area contributed by atoms with Gasteiger partial charge in [0.25, 0.3) is 0 Å². The summed E-state index contributed by atoms with van der Waals surface area (Å²) in [5.74, 6) is -0.0378. The lowest BCUT2D eigenvalue weighted by Gasteiger charge is -2.07. The number of nitrogens with zero attached hydrogens (tertiary/aromatic N) is 2. The normalized spacial score (nSPS) is 10.8. The topological polar surface area (TPSA) is 67.2 Å². The van der Waals surface area contributed by atoms with Crippen LogP contribution in [0.5, 0.6) is 0 Å². The highest BCUT2D eigenvalue weighted by Crippen LogP contribution is 2.17. The smallest absolute Gasteiger partial charge is 0.220 e. The molecule has 0 unspecified atom stereocenters. The second-order valence-corrected chi connectivity index (χ2v) is 5.87. The fraction of sp³-hybridized carbons (Fsp3) is 0.444. The zero-order chi connectivity index (χ0) is 16.8. The zero-order valence-corrected chi connectivity index (χ0v) is 14.1. The Hall–Kier alpha value is -2.14. The highest BCUT2D eigenvalue weighted by Gasteiger charge is 2.13.